The van der Waals surface area contributed by atoms with Crippen LogP contribution in [0.3, 0.4) is 0 Å². The van der Waals surface area contributed by atoms with Gasteiger partial charge in [-0.25, -0.2) is 0 Å². The third kappa shape index (κ3) is 3.13. The van der Waals surface area contributed by atoms with Crippen LogP contribution in [0, 0.1) is 6.92 Å². The van der Waals surface area contributed by atoms with Gasteiger partial charge in [-0.05, 0) is 25.1 Å². The van der Waals surface area contributed by atoms with Gasteiger partial charge in [-0.2, -0.15) is 5.10 Å². The second-order valence-corrected chi connectivity index (χ2v) is 4.54. The number of nitrogen functional groups attached to an aromatic ring is 1. The van der Waals surface area contributed by atoms with E-state index in [0.29, 0.717) is 17.8 Å². The standard InChI is InChI=1S/C14H18N4O/c1-10-3-4-13(15)12(9-10)14(19)16-7-5-11-6-8-17-18(11)2/h3-4,6,8-9H,5,7,15H2,1-2H3,(H,16,19). The largest absolute Gasteiger partial charge is 0.398 e. The van der Waals surface area contributed by atoms with Crippen molar-refractivity contribution in [2.75, 3.05) is 12.3 Å². The SMILES string of the molecule is Cc1ccc(N)c(C(=O)NCCc2ccnn2C)c1. The molecule has 0 radical (unpaired) electrons. The number of hydrogen-bond donors (Lipinski definition) is 2. The van der Waals surface area contributed by atoms with E-state index in [4.69, 9.17) is 5.73 Å². The number of amides is 1. The Balaban J connectivity index is 1.94. The van der Waals surface area contributed by atoms with Crippen molar-refractivity contribution in [3.05, 3.63) is 47.3 Å². The highest BCUT2D eigenvalue weighted by atomic mass is 16.1. The van der Waals surface area contributed by atoms with E-state index in [0.717, 1.165) is 17.7 Å². The van der Waals surface area contributed by atoms with Gasteiger partial charge in [0, 0.05) is 37.6 Å². The van der Waals surface area contributed by atoms with Gasteiger partial charge in [-0.3, -0.25) is 9.48 Å². The Morgan fingerprint density at radius 2 is 2.21 bits per heavy atom. The van der Waals surface area contributed by atoms with E-state index in [1.807, 2.05) is 26.1 Å². The number of carbonyl (C=O) groups excluding carboxylic acids is 1. The van der Waals surface area contributed by atoms with Gasteiger partial charge < -0.3 is 11.1 Å². The molecule has 1 heterocycles. The van der Waals surface area contributed by atoms with Gasteiger partial charge in [0.25, 0.3) is 5.91 Å². The molecule has 1 amide bonds. The molecule has 100 valence electrons. The van der Waals surface area contributed by atoms with Crippen molar-refractivity contribution in [1.29, 1.82) is 0 Å². The smallest absolute Gasteiger partial charge is 0.253 e. The minimum absolute atomic E-state index is 0.136. The van der Waals surface area contributed by atoms with Crippen LogP contribution < -0.4 is 11.1 Å². The number of nitrogens with zero attached hydrogens (tertiary/aromatic N) is 2. The van der Waals surface area contributed by atoms with Gasteiger partial charge in [0.1, 0.15) is 0 Å². The topological polar surface area (TPSA) is 72.9 Å². The number of benzene rings is 1. The normalized spacial score (nSPS) is 10.4. The Hall–Kier alpha value is -2.30. The molecule has 0 aliphatic rings. The van der Waals surface area contributed by atoms with E-state index in [-0.39, 0.29) is 5.91 Å². The molecular weight excluding hydrogens is 240 g/mol. The molecule has 19 heavy (non-hydrogen) atoms. The van der Waals surface area contributed by atoms with Crippen molar-refractivity contribution in [1.82, 2.24) is 15.1 Å². The molecule has 2 rings (SSSR count). The summed E-state index contributed by atoms with van der Waals surface area (Å²) < 4.78 is 1.80. The highest BCUT2D eigenvalue weighted by molar-refractivity contribution is 5.99. The fraction of sp³-hybridized carbons (Fsp3) is 0.286. The van der Waals surface area contributed by atoms with Crippen molar-refractivity contribution in [3.8, 4) is 0 Å². The highest BCUT2D eigenvalue weighted by Gasteiger charge is 2.09. The van der Waals surface area contributed by atoms with Crippen molar-refractivity contribution < 1.29 is 4.79 Å². The summed E-state index contributed by atoms with van der Waals surface area (Å²) in [5, 5.41) is 6.95. The lowest BCUT2D eigenvalue weighted by molar-refractivity contribution is 0.0955. The fourth-order valence-electron chi connectivity index (χ4n) is 1.91. The molecule has 5 nitrogen and oxygen atoms in total. The number of aromatic nitrogens is 2. The van der Waals surface area contributed by atoms with E-state index in [2.05, 4.69) is 10.4 Å². The molecule has 0 bridgehead atoms. The number of carbonyl (C=O) groups is 1. The molecule has 0 saturated heterocycles. The van der Waals surface area contributed by atoms with Crippen LogP contribution in [0.25, 0.3) is 0 Å². The van der Waals surface area contributed by atoms with Crippen LogP contribution in [-0.4, -0.2) is 22.2 Å². The van der Waals surface area contributed by atoms with Gasteiger partial charge >= 0.3 is 0 Å². The zero-order valence-electron chi connectivity index (χ0n) is 11.2. The number of nitrogens with two attached hydrogens (primary N) is 1. The van der Waals surface area contributed by atoms with Crippen molar-refractivity contribution in [3.63, 3.8) is 0 Å². The van der Waals surface area contributed by atoms with E-state index in [1.165, 1.54) is 0 Å². The van der Waals surface area contributed by atoms with Crippen LogP contribution >= 0.6 is 0 Å². The van der Waals surface area contributed by atoms with Crippen LogP contribution in [0.2, 0.25) is 0 Å². The van der Waals surface area contributed by atoms with Crippen molar-refractivity contribution in [2.45, 2.75) is 13.3 Å². The molecule has 0 unspecified atom stereocenters. The number of aryl methyl sites for hydroxylation is 2. The predicted molar refractivity (Wildman–Crippen MR) is 74.8 cm³/mol. The number of anilines is 1. The molecule has 3 N–H and O–H groups in total. The summed E-state index contributed by atoms with van der Waals surface area (Å²) in [6.07, 6.45) is 2.49. The Bertz CT molecular complexity index is 589. The maximum Gasteiger partial charge on any atom is 0.253 e. The Morgan fingerprint density at radius 1 is 1.42 bits per heavy atom. The number of rotatable bonds is 4. The Morgan fingerprint density at radius 3 is 2.89 bits per heavy atom. The van der Waals surface area contributed by atoms with E-state index < -0.39 is 0 Å². The zero-order valence-corrected chi connectivity index (χ0v) is 11.2. The minimum Gasteiger partial charge on any atom is -0.398 e. The maximum atomic E-state index is 12.0. The average Bonchev–Trinajstić information content (AvgIpc) is 2.78. The third-order valence-electron chi connectivity index (χ3n) is 3.04. The van der Waals surface area contributed by atoms with Gasteiger partial charge in [0.15, 0.2) is 0 Å². The lowest BCUT2D eigenvalue weighted by Gasteiger charge is -2.08. The summed E-state index contributed by atoms with van der Waals surface area (Å²) in [5.74, 6) is -0.136. The van der Waals surface area contributed by atoms with E-state index in [9.17, 15) is 4.79 Å². The molecule has 2 aromatic rings. The third-order valence-corrected chi connectivity index (χ3v) is 3.04. The monoisotopic (exact) mass is 258 g/mol. The van der Waals surface area contributed by atoms with Crippen molar-refractivity contribution in [2.24, 2.45) is 7.05 Å². The van der Waals surface area contributed by atoms with Crippen LogP contribution in [0.1, 0.15) is 21.6 Å². The molecule has 0 fully saturated rings. The van der Waals surface area contributed by atoms with Crippen LogP contribution in [-0.2, 0) is 13.5 Å². The summed E-state index contributed by atoms with van der Waals surface area (Å²) in [6.45, 7) is 2.50. The molecule has 0 aliphatic carbocycles. The molecule has 0 spiro atoms. The van der Waals surface area contributed by atoms with E-state index in [1.54, 1.807) is 23.0 Å². The lowest BCUT2D eigenvalue weighted by Crippen LogP contribution is -2.27. The molecule has 0 saturated carbocycles. The molecule has 0 aliphatic heterocycles. The maximum absolute atomic E-state index is 12.0. The second-order valence-electron chi connectivity index (χ2n) is 4.54. The van der Waals surface area contributed by atoms with Crippen LogP contribution in [0.4, 0.5) is 5.69 Å². The van der Waals surface area contributed by atoms with Gasteiger partial charge in [0.2, 0.25) is 0 Å². The zero-order chi connectivity index (χ0) is 13.8. The first-order valence-electron chi connectivity index (χ1n) is 6.19. The van der Waals surface area contributed by atoms with Crippen LogP contribution in [0.5, 0.6) is 0 Å². The van der Waals surface area contributed by atoms with Crippen molar-refractivity contribution >= 4 is 11.6 Å². The number of hydrogen-bond acceptors (Lipinski definition) is 3. The first-order chi connectivity index (χ1) is 9.08. The first-order valence-corrected chi connectivity index (χ1v) is 6.19. The van der Waals surface area contributed by atoms with Crippen LogP contribution in [0.15, 0.2) is 30.5 Å². The van der Waals surface area contributed by atoms with Gasteiger partial charge in [-0.1, -0.05) is 11.6 Å². The molecule has 1 aromatic heterocycles. The first kappa shape index (κ1) is 13.1. The Kier molecular flexibility index (Phi) is 3.85. The molecular formula is C14H18N4O. The summed E-state index contributed by atoms with van der Waals surface area (Å²) >= 11 is 0. The molecule has 1 aromatic carbocycles. The quantitative estimate of drug-likeness (QED) is 0.811. The van der Waals surface area contributed by atoms with Gasteiger partial charge in [0.05, 0.1) is 5.56 Å². The summed E-state index contributed by atoms with van der Waals surface area (Å²) in [7, 11) is 1.88. The lowest BCUT2D eigenvalue weighted by atomic mass is 10.1. The highest BCUT2D eigenvalue weighted by Crippen LogP contribution is 2.13. The predicted octanol–water partition coefficient (Wildman–Crippen LogP) is 1.28. The second kappa shape index (κ2) is 5.56. The summed E-state index contributed by atoms with van der Waals surface area (Å²) in [5.41, 5.74) is 8.94. The molecule has 5 heteroatoms. The molecule has 0 atom stereocenters. The van der Waals surface area contributed by atoms with Gasteiger partial charge in [-0.15, -0.1) is 0 Å². The number of nitrogens with one attached hydrogen (secondary N) is 1. The minimum atomic E-state index is -0.136. The van der Waals surface area contributed by atoms with E-state index >= 15 is 0 Å². The summed E-state index contributed by atoms with van der Waals surface area (Å²) in [6, 6.07) is 7.38. The Labute approximate surface area is 112 Å². The summed E-state index contributed by atoms with van der Waals surface area (Å²) in [4.78, 5) is 12.0. The fourth-order valence-corrected chi connectivity index (χ4v) is 1.91. The average molecular weight is 258 g/mol.